The smallest absolute Gasteiger partial charge is 0.480 e. The summed E-state index contributed by atoms with van der Waals surface area (Å²) in [6, 6.07) is 4.93. The highest BCUT2D eigenvalue weighted by Gasteiger charge is 2.44. The Morgan fingerprint density at radius 1 is 1.00 bits per heavy atom. The summed E-state index contributed by atoms with van der Waals surface area (Å²) in [4.78, 5) is 14.0. The van der Waals surface area contributed by atoms with Crippen molar-refractivity contribution in [3.05, 3.63) is 24.3 Å². The second-order valence-electron chi connectivity index (χ2n) is 9.81. The number of carboxylic acid groups (broad SMARTS) is 1. The summed E-state index contributed by atoms with van der Waals surface area (Å²) >= 11 is 0. The summed E-state index contributed by atoms with van der Waals surface area (Å²) in [5.74, 6) is 0.127. The molecule has 186 valence electrons. The van der Waals surface area contributed by atoms with Crippen molar-refractivity contribution in [2.24, 2.45) is 17.8 Å². The van der Waals surface area contributed by atoms with Crippen LogP contribution in [-0.4, -0.2) is 30.0 Å². The van der Waals surface area contributed by atoms with Crippen LogP contribution in [0.25, 0.3) is 0 Å². The molecule has 1 saturated carbocycles. The van der Waals surface area contributed by atoms with Gasteiger partial charge in [-0.1, -0.05) is 64.7 Å². The Kier molecular flexibility index (Phi) is 9.33. The summed E-state index contributed by atoms with van der Waals surface area (Å²) in [5, 5.41) is 10.00. The minimum atomic E-state index is -4.74. The molecule has 1 saturated heterocycles. The molecule has 0 spiro atoms. The van der Waals surface area contributed by atoms with Crippen molar-refractivity contribution in [2.45, 2.75) is 96.4 Å². The number of carboxylic acids is 1. The maximum absolute atomic E-state index is 12.4. The maximum atomic E-state index is 12.4. The quantitative estimate of drug-likeness (QED) is 0.343. The number of benzene rings is 1. The molecule has 3 rings (SSSR count). The van der Waals surface area contributed by atoms with Crippen molar-refractivity contribution in [3.63, 3.8) is 0 Å². The van der Waals surface area contributed by atoms with Gasteiger partial charge in [0.15, 0.2) is 0 Å². The predicted molar refractivity (Wildman–Crippen MR) is 123 cm³/mol. The molecule has 1 aliphatic heterocycles. The van der Waals surface area contributed by atoms with E-state index in [-0.39, 0.29) is 11.7 Å². The predicted octanol–water partition coefficient (Wildman–Crippen LogP) is 7.42. The number of hydrogen-bond donors (Lipinski definition) is 1. The van der Waals surface area contributed by atoms with Crippen LogP contribution in [0.1, 0.15) is 84.0 Å². The standard InChI is InChI=1S/C26H38F3NO3/c1-2-3-4-5-6-7-8-19-9-11-20(12-10-19)23-17-18-30(24(23)25(31)32)21-13-15-22(16-14-21)33-26(27,28)29/h13-16,19-20,23-24H,2-12,17-18H2,1H3,(H,31,32)/t19?,20?,23-,24+/m1/s1. The topological polar surface area (TPSA) is 49.8 Å². The summed E-state index contributed by atoms with van der Waals surface area (Å²) < 4.78 is 41.2. The number of rotatable bonds is 11. The number of alkyl halides is 3. The lowest BCUT2D eigenvalue weighted by Gasteiger charge is -2.35. The lowest BCUT2D eigenvalue weighted by atomic mass is 9.72. The molecule has 0 bridgehead atoms. The first-order valence-electron chi connectivity index (χ1n) is 12.6. The van der Waals surface area contributed by atoms with Crippen LogP contribution in [0.15, 0.2) is 24.3 Å². The second-order valence-corrected chi connectivity index (χ2v) is 9.81. The van der Waals surface area contributed by atoms with Crippen molar-refractivity contribution in [1.82, 2.24) is 0 Å². The van der Waals surface area contributed by atoms with Gasteiger partial charge in [0.25, 0.3) is 0 Å². The van der Waals surface area contributed by atoms with E-state index in [1.807, 2.05) is 4.90 Å². The van der Waals surface area contributed by atoms with Crippen LogP contribution in [0.4, 0.5) is 18.9 Å². The van der Waals surface area contributed by atoms with E-state index in [4.69, 9.17) is 0 Å². The summed E-state index contributed by atoms with van der Waals surface area (Å²) in [5.41, 5.74) is 0.635. The second kappa shape index (κ2) is 12.0. The SMILES string of the molecule is CCCCCCCCC1CCC([C@H]2CCN(c3ccc(OC(F)(F)F)cc3)[C@@H]2C(=O)O)CC1. The fraction of sp³-hybridized carbons (Fsp3) is 0.731. The molecular formula is C26H38F3NO3. The van der Waals surface area contributed by atoms with Crippen molar-refractivity contribution in [2.75, 3.05) is 11.4 Å². The van der Waals surface area contributed by atoms with Crippen LogP contribution >= 0.6 is 0 Å². The number of carbonyl (C=O) groups is 1. The van der Waals surface area contributed by atoms with Gasteiger partial charge in [0, 0.05) is 12.2 Å². The number of halogens is 3. The first-order valence-corrected chi connectivity index (χ1v) is 12.6. The monoisotopic (exact) mass is 469 g/mol. The fourth-order valence-electron chi connectivity index (χ4n) is 5.87. The van der Waals surface area contributed by atoms with E-state index in [1.165, 1.54) is 82.1 Å². The van der Waals surface area contributed by atoms with Crippen molar-refractivity contribution in [1.29, 1.82) is 0 Å². The molecule has 33 heavy (non-hydrogen) atoms. The molecule has 7 heteroatoms. The van der Waals surface area contributed by atoms with E-state index in [2.05, 4.69) is 11.7 Å². The number of ether oxygens (including phenoxy) is 1. The lowest BCUT2D eigenvalue weighted by molar-refractivity contribution is -0.274. The molecule has 1 aliphatic carbocycles. The van der Waals surface area contributed by atoms with E-state index in [1.54, 1.807) is 0 Å². The van der Waals surface area contributed by atoms with Gasteiger partial charge in [0.1, 0.15) is 11.8 Å². The van der Waals surface area contributed by atoms with Crippen LogP contribution in [-0.2, 0) is 4.79 Å². The third-order valence-electron chi connectivity index (χ3n) is 7.56. The molecule has 2 atom stereocenters. The van der Waals surface area contributed by atoms with Gasteiger partial charge in [-0.05, 0) is 61.3 Å². The first-order chi connectivity index (χ1) is 15.8. The van der Waals surface area contributed by atoms with Gasteiger partial charge in [-0.2, -0.15) is 0 Å². The van der Waals surface area contributed by atoms with Crippen LogP contribution in [0.3, 0.4) is 0 Å². The largest absolute Gasteiger partial charge is 0.573 e. The average Bonchev–Trinajstić information content (AvgIpc) is 3.21. The van der Waals surface area contributed by atoms with Crippen LogP contribution < -0.4 is 9.64 Å². The zero-order valence-corrected chi connectivity index (χ0v) is 19.7. The summed E-state index contributed by atoms with van der Waals surface area (Å²) in [6.07, 6.45) is 9.83. The molecule has 0 radical (unpaired) electrons. The van der Waals surface area contributed by atoms with Crippen molar-refractivity contribution < 1.29 is 27.8 Å². The van der Waals surface area contributed by atoms with Gasteiger partial charge in [-0.25, -0.2) is 4.79 Å². The lowest BCUT2D eigenvalue weighted by Crippen LogP contribution is -2.42. The normalized spacial score (nSPS) is 25.9. The van der Waals surface area contributed by atoms with Crippen LogP contribution in [0.2, 0.25) is 0 Å². The minimum absolute atomic E-state index is 0.0867. The molecule has 2 aliphatic rings. The van der Waals surface area contributed by atoms with E-state index < -0.39 is 18.4 Å². The third kappa shape index (κ3) is 7.54. The van der Waals surface area contributed by atoms with Gasteiger partial charge in [0.2, 0.25) is 0 Å². The number of anilines is 1. The zero-order valence-electron chi connectivity index (χ0n) is 19.7. The maximum Gasteiger partial charge on any atom is 0.573 e. The minimum Gasteiger partial charge on any atom is -0.480 e. The average molecular weight is 470 g/mol. The molecule has 1 aromatic rings. The number of unbranched alkanes of at least 4 members (excludes halogenated alkanes) is 5. The Labute approximate surface area is 195 Å². The van der Waals surface area contributed by atoms with Gasteiger partial charge >= 0.3 is 12.3 Å². The van der Waals surface area contributed by atoms with Crippen molar-refractivity contribution >= 4 is 11.7 Å². The van der Waals surface area contributed by atoms with Gasteiger partial charge in [-0.15, -0.1) is 13.2 Å². The van der Waals surface area contributed by atoms with Gasteiger partial charge < -0.3 is 14.7 Å². The molecule has 4 nitrogen and oxygen atoms in total. The number of hydrogen-bond acceptors (Lipinski definition) is 3. The van der Waals surface area contributed by atoms with E-state index in [0.717, 1.165) is 25.2 Å². The fourth-order valence-corrected chi connectivity index (χ4v) is 5.87. The number of aliphatic carboxylic acids is 1. The molecular weight excluding hydrogens is 431 g/mol. The molecule has 0 aromatic heterocycles. The Morgan fingerprint density at radius 3 is 2.24 bits per heavy atom. The van der Waals surface area contributed by atoms with Gasteiger partial charge in [0.05, 0.1) is 0 Å². The highest BCUT2D eigenvalue weighted by Crippen LogP contribution is 2.43. The third-order valence-corrected chi connectivity index (χ3v) is 7.56. The summed E-state index contributed by atoms with van der Waals surface area (Å²) in [6.45, 7) is 2.85. The molecule has 0 amide bonds. The Morgan fingerprint density at radius 2 is 1.64 bits per heavy atom. The highest BCUT2D eigenvalue weighted by molar-refractivity contribution is 5.79. The van der Waals surface area contributed by atoms with Gasteiger partial charge in [-0.3, -0.25) is 0 Å². The van der Waals surface area contributed by atoms with E-state index in [9.17, 15) is 23.1 Å². The molecule has 1 heterocycles. The Bertz CT molecular complexity index is 729. The zero-order chi connectivity index (χ0) is 23.8. The molecule has 0 unspecified atom stereocenters. The van der Waals surface area contributed by atoms with E-state index in [0.29, 0.717) is 18.2 Å². The molecule has 1 N–H and O–H groups in total. The molecule has 2 fully saturated rings. The number of nitrogens with zero attached hydrogens (tertiary/aromatic N) is 1. The Hall–Kier alpha value is -1.92. The summed E-state index contributed by atoms with van der Waals surface area (Å²) in [7, 11) is 0. The van der Waals surface area contributed by atoms with Crippen LogP contribution in [0, 0.1) is 17.8 Å². The highest BCUT2D eigenvalue weighted by atomic mass is 19.4. The molecule has 1 aromatic carbocycles. The first kappa shape index (κ1) is 25.7. The van der Waals surface area contributed by atoms with Crippen LogP contribution in [0.5, 0.6) is 5.75 Å². The van der Waals surface area contributed by atoms with E-state index >= 15 is 0 Å². The Balaban J connectivity index is 1.51. The van der Waals surface area contributed by atoms with Crippen molar-refractivity contribution in [3.8, 4) is 5.75 Å².